The molecule has 3 aromatic carbocycles. The van der Waals surface area contributed by atoms with E-state index in [0.717, 1.165) is 52.2 Å². The van der Waals surface area contributed by atoms with Crippen LogP contribution in [0.3, 0.4) is 0 Å². The van der Waals surface area contributed by atoms with Gasteiger partial charge in [-0.2, -0.15) is 9.97 Å². The zero-order valence-electron chi connectivity index (χ0n) is 49.0. The number of carbonyl (C=O) groups excluding carboxylic acids is 2. The normalized spacial score (nSPS) is 20.0. The van der Waals surface area contributed by atoms with Crippen LogP contribution in [0, 0.1) is 29.9 Å². The number of β-amino-alcohol motifs (C(OH)–C–C–N with tert-alkyl or cyclic N) is 2. The smallest absolute Gasteiger partial charge is 0.319 e. The van der Waals surface area contributed by atoms with Crippen molar-refractivity contribution >= 4 is 50.6 Å². The maximum atomic E-state index is 17.2. The number of aliphatic hydroxyl groups is 2. The number of allylic oxidation sites excluding steroid dienone is 2. The average molecular weight is 1190 g/mol. The molecule has 5 aromatic heterocycles. The molecule has 0 bridgehead atoms. The van der Waals surface area contributed by atoms with E-state index in [0.29, 0.717) is 78.7 Å². The first-order chi connectivity index (χ1) is 41.3. The molecule has 12 rings (SSSR count). The van der Waals surface area contributed by atoms with E-state index >= 15 is 8.78 Å². The van der Waals surface area contributed by atoms with Crippen molar-refractivity contribution in [3.63, 3.8) is 0 Å². The third kappa shape index (κ3) is 11.9. The van der Waals surface area contributed by atoms with Crippen LogP contribution in [-0.4, -0.2) is 127 Å². The van der Waals surface area contributed by atoms with Gasteiger partial charge in [0.15, 0.2) is 5.82 Å². The number of aliphatic hydroxyl groups excluding tert-OH is 1. The summed E-state index contributed by atoms with van der Waals surface area (Å²) in [4.78, 5) is 58.2. The number of fused-ring (bicyclic) bond motifs is 2. The number of benzene rings is 3. The number of nitrogens with zero attached hydrogens (tertiary/aromatic N) is 11. The highest BCUT2D eigenvalue weighted by Crippen LogP contribution is 2.51. The molecule has 5 atom stereocenters. The molecule has 446 valence electrons. The zero-order valence-corrected chi connectivity index (χ0v) is 49.9. The van der Waals surface area contributed by atoms with Crippen molar-refractivity contribution in [3.8, 4) is 44.7 Å². The van der Waals surface area contributed by atoms with Crippen LogP contribution < -0.4 is 15.0 Å². The molecule has 0 unspecified atom stereocenters. The van der Waals surface area contributed by atoms with Gasteiger partial charge in [0.1, 0.15) is 46.4 Å². The number of aromatic nitrogens is 8. The number of hydrogen-bond donors (Lipinski definition) is 4. The summed E-state index contributed by atoms with van der Waals surface area (Å²) in [5, 5.41) is 46.0. The van der Waals surface area contributed by atoms with E-state index in [-0.39, 0.29) is 77.2 Å². The Morgan fingerprint density at radius 1 is 0.977 bits per heavy atom. The molecular weight excluding hydrogens is 1110 g/mol. The largest absolute Gasteiger partial charge is 0.508 e. The lowest BCUT2D eigenvalue weighted by molar-refractivity contribution is -0.142. The molecule has 8 heterocycles. The van der Waals surface area contributed by atoms with Gasteiger partial charge in [-0.15, -0.1) is 16.4 Å². The summed E-state index contributed by atoms with van der Waals surface area (Å²) in [5.41, 5.74) is 7.38. The second-order valence-electron chi connectivity index (χ2n) is 24.3. The number of phenolic OH excluding ortho intramolecular Hbond substituents is 1. The van der Waals surface area contributed by atoms with Gasteiger partial charge in [0.05, 0.1) is 64.3 Å². The molecular formula is C65H70F2N12O6S. The quantitative estimate of drug-likeness (QED) is 0.0628. The number of hydrogen-bond acceptors (Lipinski definition) is 16. The molecule has 3 aliphatic heterocycles. The maximum absolute atomic E-state index is 17.2. The Bertz CT molecular complexity index is 3940. The standard InChI is InChI=1S/C65H70F2N12O6S/c1-7-48-51(66)16-14-43-25-46(80)26-49(54(43)48)56-55(67)57-50(30-69-56)60(77-22-8-19-64(6,84)34-77)73-63(72-57)85-35-65(20-21-65)28-40-17-23-76(24-18-40)31-45-15-13-44(29-68-45)52-33-79(75-74-52)58(37(2)3)62(83)78-32-47(81)27-53(78)61(82)71-38(4)41-9-11-42(12-10-41)59-39(5)70-36-86-59/h9-18,23,25-26,29-30,33,36-38,47,53,58,80-81,84H,7-8,19-22,24,27-28,31-32,34-35H2,1-6H3,(H,71,82)/t38-,47+,53-,58-,64+/m0/s1. The first kappa shape index (κ1) is 58.1. The monoisotopic (exact) mass is 1180 g/mol. The number of aromatic hydroxyl groups is 1. The molecule has 1 aliphatic carbocycles. The summed E-state index contributed by atoms with van der Waals surface area (Å²) in [6, 6.07) is 15.8. The summed E-state index contributed by atoms with van der Waals surface area (Å²) in [6.07, 6.45) is 14.9. The van der Waals surface area contributed by atoms with E-state index in [2.05, 4.69) is 53.8 Å². The lowest BCUT2D eigenvalue weighted by Crippen LogP contribution is -2.49. The number of piperidine rings is 1. The number of halogens is 2. The Morgan fingerprint density at radius 2 is 1.78 bits per heavy atom. The van der Waals surface area contributed by atoms with Gasteiger partial charge in [-0.25, -0.2) is 18.4 Å². The molecule has 18 nitrogen and oxygen atoms in total. The predicted octanol–water partition coefficient (Wildman–Crippen LogP) is 10.4. The van der Waals surface area contributed by atoms with Gasteiger partial charge in [0.2, 0.25) is 11.8 Å². The fourth-order valence-electron chi connectivity index (χ4n) is 12.5. The molecule has 3 fully saturated rings. The van der Waals surface area contributed by atoms with Crippen LogP contribution in [0.25, 0.3) is 54.6 Å². The summed E-state index contributed by atoms with van der Waals surface area (Å²) in [7, 11) is 0. The third-order valence-electron chi connectivity index (χ3n) is 17.3. The average Bonchev–Trinajstić information content (AvgIpc) is 1.28. The van der Waals surface area contributed by atoms with Crippen LogP contribution in [0.15, 0.2) is 109 Å². The highest BCUT2D eigenvalue weighted by atomic mass is 32.1. The molecule has 4 N–H and O–H groups in total. The van der Waals surface area contributed by atoms with Crippen molar-refractivity contribution < 1.29 is 38.4 Å². The van der Waals surface area contributed by atoms with E-state index in [4.69, 9.17) is 14.7 Å². The van der Waals surface area contributed by atoms with E-state index in [1.165, 1.54) is 34.9 Å². The number of likely N-dealkylation sites (tertiary alicyclic amines) is 1. The van der Waals surface area contributed by atoms with E-state index in [1.807, 2.05) is 81.4 Å². The van der Waals surface area contributed by atoms with E-state index in [9.17, 15) is 24.9 Å². The van der Waals surface area contributed by atoms with Crippen molar-refractivity contribution in [2.75, 3.05) is 37.7 Å². The number of phenols is 1. The summed E-state index contributed by atoms with van der Waals surface area (Å²) in [5.74, 6) is -1.77. The van der Waals surface area contributed by atoms with Gasteiger partial charge in [0, 0.05) is 67.7 Å². The second kappa shape index (κ2) is 23.5. The van der Waals surface area contributed by atoms with Gasteiger partial charge in [-0.05, 0) is 135 Å². The van der Waals surface area contributed by atoms with E-state index in [1.54, 1.807) is 41.4 Å². The molecule has 86 heavy (non-hydrogen) atoms. The minimum atomic E-state index is -0.998. The Kier molecular flexibility index (Phi) is 15.9. The molecule has 21 heteroatoms. The first-order valence-electron chi connectivity index (χ1n) is 29.5. The number of anilines is 1. The van der Waals surface area contributed by atoms with Crippen LogP contribution >= 0.6 is 11.3 Å². The van der Waals surface area contributed by atoms with Crippen molar-refractivity contribution in [3.05, 3.63) is 143 Å². The fraction of sp³-hybridized carbons (Fsp3) is 0.400. The van der Waals surface area contributed by atoms with Gasteiger partial charge in [-0.3, -0.25) is 19.6 Å². The maximum Gasteiger partial charge on any atom is 0.319 e. The molecule has 8 aromatic rings. The third-order valence-corrected chi connectivity index (χ3v) is 18.3. The number of nitrogens with one attached hydrogen (secondary N) is 1. The van der Waals surface area contributed by atoms with Crippen molar-refractivity contribution in [2.45, 2.75) is 123 Å². The fourth-order valence-corrected chi connectivity index (χ4v) is 13.3. The number of rotatable bonds is 18. The SMILES string of the molecule is CCc1c(F)ccc2cc(O)cc(-c3ncc4c(N5CCC[C@@](C)(O)C5)nc(OCC5(CC6=CCN(Cc7ccc(-c8cn([C@H](C(=O)N9C[C@H](O)C[C@H]9C(=O)N[C@@H](C)c9ccc(-c%10scnc%10C)cc9)C(C)C)nn8)cn7)C=C6)CC5)nc4c3F)c12. The minimum absolute atomic E-state index is 0.000777. The van der Waals surface area contributed by atoms with Crippen molar-refractivity contribution in [2.24, 2.45) is 11.3 Å². The second-order valence-corrected chi connectivity index (χ2v) is 25.2. The van der Waals surface area contributed by atoms with E-state index < -0.39 is 35.4 Å². The Hall–Kier alpha value is -8.27. The molecule has 4 aliphatic rings. The Balaban J connectivity index is 0.680. The van der Waals surface area contributed by atoms with Gasteiger partial charge >= 0.3 is 6.01 Å². The lowest BCUT2D eigenvalue weighted by Gasteiger charge is -2.37. The molecule has 0 radical (unpaired) electrons. The number of aryl methyl sites for hydroxylation is 2. The summed E-state index contributed by atoms with van der Waals surface area (Å²) < 4.78 is 40.4. The van der Waals surface area contributed by atoms with Crippen LogP contribution in [-0.2, 0) is 22.6 Å². The number of ether oxygens (including phenoxy) is 1. The summed E-state index contributed by atoms with van der Waals surface area (Å²) in [6.45, 7) is 13.7. The lowest BCUT2D eigenvalue weighted by atomic mass is 9.94. The predicted molar refractivity (Wildman–Crippen MR) is 325 cm³/mol. The minimum Gasteiger partial charge on any atom is -0.508 e. The van der Waals surface area contributed by atoms with Gasteiger partial charge in [-0.1, -0.05) is 62.4 Å². The van der Waals surface area contributed by atoms with Crippen molar-refractivity contribution in [1.29, 1.82) is 0 Å². The molecule has 2 saturated heterocycles. The van der Waals surface area contributed by atoms with Crippen LogP contribution in [0.5, 0.6) is 11.8 Å². The zero-order chi connectivity index (χ0) is 60.2. The Labute approximate surface area is 501 Å². The van der Waals surface area contributed by atoms with Gasteiger partial charge in [0.25, 0.3) is 0 Å². The topological polar surface area (TPSA) is 221 Å². The number of amides is 2. The number of carbonyl (C=O) groups is 2. The van der Waals surface area contributed by atoms with Gasteiger partial charge < -0.3 is 40.1 Å². The number of thiazole rings is 1. The molecule has 2 amide bonds. The highest BCUT2D eigenvalue weighted by molar-refractivity contribution is 7.13. The number of pyridine rings is 2. The molecule has 0 spiro atoms. The highest BCUT2D eigenvalue weighted by Gasteiger charge is 2.45. The first-order valence-corrected chi connectivity index (χ1v) is 30.4. The van der Waals surface area contributed by atoms with Crippen LogP contribution in [0.2, 0.25) is 0 Å². The Morgan fingerprint density at radius 3 is 2.48 bits per heavy atom. The summed E-state index contributed by atoms with van der Waals surface area (Å²) >= 11 is 1.58. The van der Waals surface area contributed by atoms with Crippen LogP contribution in [0.4, 0.5) is 14.6 Å². The van der Waals surface area contributed by atoms with Crippen LogP contribution in [0.1, 0.15) is 108 Å². The van der Waals surface area contributed by atoms with Crippen molar-refractivity contribution in [1.82, 2.24) is 55.0 Å². The molecule has 1 saturated carbocycles.